The zero-order valence-electron chi connectivity index (χ0n) is 12.4. The molecule has 3 atom stereocenters. The summed E-state index contributed by atoms with van der Waals surface area (Å²) in [6, 6.07) is 7.58. The maximum absolute atomic E-state index is 11.9. The van der Waals surface area contributed by atoms with Gasteiger partial charge in [-0.15, -0.1) is 0 Å². The molecule has 0 radical (unpaired) electrons. The van der Waals surface area contributed by atoms with Gasteiger partial charge in [0.15, 0.2) is 6.61 Å². The van der Waals surface area contributed by atoms with Crippen molar-refractivity contribution in [3.05, 3.63) is 29.8 Å². The lowest BCUT2D eigenvalue weighted by atomic mass is 9.89. The SMILES string of the molecule is NCc1ccccc1OCC(=O)NCC1CC2CCC1C2. The van der Waals surface area contributed by atoms with E-state index in [-0.39, 0.29) is 12.5 Å². The van der Waals surface area contributed by atoms with Crippen LogP contribution in [0.25, 0.3) is 0 Å². The van der Waals surface area contributed by atoms with Gasteiger partial charge >= 0.3 is 0 Å². The Kier molecular flexibility index (Phi) is 4.44. The summed E-state index contributed by atoms with van der Waals surface area (Å²) >= 11 is 0. The van der Waals surface area contributed by atoms with Gasteiger partial charge in [0.05, 0.1) is 0 Å². The Morgan fingerprint density at radius 3 is 2.86 bits per heavy atom. The Bertz CT molecular complexity index is 503. The van der Waals surface area contributed by atoms with Crippen LogP contribution in [0.2, 0.25) is 0 Å². The molecule has 0 aliphatic heterocycles. The fraction of sp³-hybridized carbons (Fsp3) is 0.588. The molecule has 4 nitrogen and oxygen atoms in total. The van der Waals surface area contributed by atoms with E-state index >= 15 is 0 Å². The molecule has 0 spiro atoms. The molecule has 1 amide bonds. The zero-order chi connectivity index (χ0) is 14.7. The third kappa shape index (κ3) is 3.38. The van der Waals surface area contributed by atoms with Gasteiger partial charge in [0.25, 0.3) is 5.91 Å². The van der Waals surface area contributed by atoms with Crippen LogP contribution in [0.1, 0.15) is 31.2 Å². The van der Waals surface area contributed by atoms with Gasteiger partial charge in [-0.3, -0.25) is 4.79 Å². The largest absolute Gasteiger partial charge is 0.483 e. The van der Waals surface area contributed by atoms with Crippen molar-refractivity contribution in [2.75, 3.05) is 13.2 Å². The Hall–Kier alpha value is -1.55. The smallest absolute Gasteiger partial charge is 0.257 e. The quantitative estimate of drug-likeness (QED) is 0.842. The Morgan fingerprint density at radius 1 is 1.29 bits per heavy atom. The number of hydrogen-bond donors (Lipinski definition) is 2. The first kappa shape index (κ1) is 14.4. The van der Waals surface area contributed by atoms with Gasteiger partial charge in [-0.2, -0.15) is 0 Å². The number of benzene rings is 1. The molecule has 3 unspecified atom stereocenters. The number of hydrogen-bond acceptors (Lipinski definition) is 3. The standard InChI is InChI=1S/C17H24N2O2/c18-9-14-3-1-2-4-16(14)21-11-17(20)19-10-15-8-12-5-6-13(15)7-12/h1-4,12-13,15H,5-11,18H2,(H,19,20). The minimum Gasteiger partial charge on any atom is -0.483 e. The second-order valence-corrected chi connectivity index (χ2v) is 6.34. The first-order valence-electron chi connectivity index (χ1n) is 7.93. The van der Waals surface area contributed by atoms with Gasteiger partial charge in [0, 0.05) is 18.7 Å². The monoisotopic (exact) mass is 288 g/mol. The first-order chi connectivity index (χ1) is 10.3. The molecule has 2 fully saturated rings. The summed E-state index contributed by atoms with van der Waals surface area (Å²) in [5.41, 5.74) is 6.58. The van der Waals surface area contributed by atoms with Crippen LogP contribution in [-0.4, -0.2) is 19.1 Å². The number of rotatable bonds is 6. The normalized spacial score (nSPS) is 26.8. The highest BCUT2D eigenvalue weighted by atomic mass is 16.5. The number of nitrogens with two attached hydrogens (primary N) is 1. The van der Waals surface area contributed by atoms with E-state index in [9.17, 15) is 4.79 Å². The molecule has 2 bridgehead atoms. The summed E-state index contributed by atoms with van der Waals surface area (Å²) < 4.78 is 5.57. The summed E-state index contributed by atoms with van der Waals surface area (Å²) in [5.74, 6) is 3.11. The van der Waals surface area contributed by atoms with Gasteiger partial charge < -0.3 is 15.8 Å². The van der Waals surface area contributed by atoms with E-state index in [0.29, 0.717) is 18.2 Å². The first-order valence-corrected chi connectivity index (χ1v) is 7.93. The van der Waals surface area contributed by atoms with Crippen molar-refractivity contribution < 1.29 is 9.53 Å². The lowest BCUT2D eigenvalue weighted by molar-refractivity contribution is -0.123. The molecule has 1 aromatic carbocycles. The summed E-state index contributed by atoms with van der Waals surface area (Å²) in [5, 5.41) is 3.02. The van der Waals surface area contributed by atoms with E-state index in [0.717, 1.165) is 23.9 Å². The Labute approximate surface area is 126 Å². The fourth-order valence-corrected chi connectivity index (χ4v) is 3.88. The van der Waals surface area contributed by atoms with Crippen molar-refractivity contribution >= 4 is 5.91 Å². The molecule has 3 N–H and O–H groups in total. The van der Waals surface area contributed by atoms with Crippen LogP contribution in [0.15, 0.2) is 24.3 Å². The second-order valence-electron chi connectivity index (χ2n) is 6.34. The average molecular weight is 288 g/mol. The lowest BCUT2D eigenvalue weighted by Gasteiger charge is -2.21. The molecule has 4 heteroatoms. The molecule has 21 heavy (non-hydrogen) atoms. The molecule has 2 aliphatic carbocycles. The van der Waals surface area contributed by atoms with Crippen molar-refractivity contribution in [2.45, 2.75) is 32.2 Å². The van der Waals surface area contributed by atoms with Crippen molar-refractivity contribution in [1.82, 2.24) is 5.32 Å². The molecule has 0 saturated heterocycles. The average Bonchev–Trinajstić information content (AvgIpc) is 3.14. The molecule has 1 aromatic rings. The van der Waals surface area contributed by atoms with Gasteiger partial charge in [0.1, 0.15) is 5.75 Å². The molecule has 0 heterocycles. The molecular weight excluding hydrogens is 264 g/mol. The Balaban J connectivity index is 1.42. The van der Waals surface area contributed by atoms with Crippen molar-refractivity contribution in [3.8, 4) is 5.75 Å². The number of fused-ring (bicyclic) bond motifs is 2. The third-order valence-electron chi connectivity index (χ3n) is 5.00. The van der Waals surface area contributed by atoms with Gasteiger partial charge in [0.2, 0.25) is 0 Å². The van der Waals surface area contributed by atoms with Gasteiger partial charge in [-0.25, -0.2) is 0 Å². The van der Waals surface area contributed by atoms with Crippen LogP contribution in [0, 0.1) is 17.8 Å². The van der Waals surface area contributed by atoms with E-state index < -0.39 is 0 Å². The van der Waals surface area contributed by atoms with E-state index in [4.69, 9.17) is 10.5 Å². The highest BCUT2D eigenvalue weighted by molar-refractivity contribution is 5.77. The second kappa shape index (κ2) is 6.48. The molecule has 2 saturated carbocycles. The number of carbonyl (C=O) groups is 1. The minimum atomic E-state index is -0.0374. The number of amides is 1. The molecule has 0 aromatic heterocycles. The summed E-state index contributed by atoms with van der Waals surface area (Å²) in [7, 11) is 0. The highest BCUT2D eigenvalue weighted by Crippen LogP contribution is 2.47. The van der Waals surface area contributed by atoms with Crippen molar-refractivity contribution in [2.24, 2.45) is 23.5 Å². The molecule has 3 rings (SSSR count). The highest BCUT2D eigenvalue weighted by Gasteiger charge is 2.39. The minimum absolute atomic E-state index is 0.0374. The summed E-state index contributed by atoms with van der Waals surface area (Å²) in [6.45, 7) is 1.29. The number of para-hydroxylation sites is 1. The van der Waals surface area contributed by atoms with Crippen LogP contribution in [0.5, 0.6) is 5.75 Å². The summed E-state index contributed by atoms with van der Waals surface area (Å²) in [4.78, 5) is 11.9. The van der Waals surface area contributed by atoms with E-state index in [1.165, 1.54) is 25.7 Å². The maximum Gasteiger partial charge on any atom is 0.257 e. The van der Waals surface area contributed by atoms with Crippen LogP contribution in [0.3, 0.4) is 0 Å². The fourth-order valence-electron chi connectivity index (χ4n) is 3.88. The molecule has 2 aliphatic rings. The van der Waals surface area contributed by atoms with E-state index in [1.54, 1.807) is 0 Å². The number of nitrogens with one attached hydrogen (secondary N) is 1. The lowest BCUT2D eigenvalue weighted by Crippen LogP contribution is -2.34. The van der Waals surface area contributed by atoms with Gasteiger partial charge in [-0.1, -0.05) is 24.6 Å². The molecule has 114 valence electrons. The third-order valence-corrected chi connectivity index (χ3v) is 5.00. The van der Waals surface area contributed by atoms with Crippen LogP contribution in [0.4, 0.5) is 0 Å². The molecular formula is C17H24N2O2. The van der Waals surface area contributed by atoms with Crippen LogP contribution >= 0.6 is 0 Å². The predicted molar refractivity (Wildman–Crippen MR) is 81.8 cm³/mol. The predicted octanol–water partition coefficient (Wildman–Crippen LogP) is 2.08. The van der Waals surface area contributed by atoms with Crippen LogP contribution < -0.4 is 15.8 Å². The van der Waals surface area contributed by atoms with Crippen LogP contribution in [-0.2, 0) is 11.3 Å². The number of carbonyl (C=O) groups excluding carboxylic acids is 1. The Morgan fingerprint density at radius 2 is 2.14 bits per heavy atom. The zero-order valence-corrected chi connectivity index (χ0v) is 12.4. The van der Waals surface area contributed by atoms with Crippen molar-refractivity contribution in [3.63, 3.8) is 0 Å². The van der Waals surface area contributed by atoms with Gasteiger partial charge in [-0.05, 0) is 43.1 Å². The number of ether oxygens (including phenoxy) is 1. The topological polar surface area (TPSA) is 64.3 Å². The van der Waals surface area contributed by atoms with E-state index in [1.807, 2.05) is 24.3 Å². The van der Waals surface area contributed by atoms with E-state index in [2.05, 4.69) is 5.32 Å². The summed E-state index contributed by atoms with van der Waals surface area (Å²) in [6.07, 6.45) is 5.42. The van der Waals surface area contributed by atoms with Crippen molar-refractivity contribution in [1.29, 1.82) is 0 Å². The maximum atomic E-state index is 11.9.